The minimum absolute atomic E-state index is 0.00803. The van der Waals surface area contributed by atoms with Gasteiger partial charge in [0, 0.05) is 12.1 Å². The number of nitro groups is 1. The highest BCUT2D eigenvalue weighted by molar-refractivity contribution is 8.27. The van der Waals surface area contributed by atoms with Gasteiger partial charge >= 0.3 is 0 Å². The van der Waals surface area contributed by atoms with Gasteiger partial charge in [-0.1, -0.05) is 48.2 Å². The van der Waals surface area contributed by atoms with Gasteiger partial charge in [0.2, 0.25) is 0 Å². The maximum atomic E-state index is 12.6. The van der Waals surface area contributed by atoms with Gasteiger partial charge in [-0.15, -0.1) is 0 Å². The van der Waals surface area contributed by atoms with E-state index in [1.165, 1.54) is 53.4 Å². The monoisotopic (exact) mass is 385 g/mol. The highest BCUT2D eigenvalue weighted by atomic mass is 32.2. The zero-order valence-corrected chi connectivity index (χ0v) is 14.6. The molecule has 0 N–H and O–H groups in total. The summed E-state index contributed by atoms with van der Waals surface area (Å²) < 4.78 is 0.285. The summed E-state index contributed by atoms with van der Waals surface area (Å²) >= 11 is 6.30. The Kier molecular flexibility index (Phi) is 4.83. The Morgan fingerprint density at radius 3 is 2.50 bits per heavy atom. The first-order valence-corrected chi connectivity index (χ1v) is 8.43. The summed E-state index contributed by atoms with van der Waals surface area (Å²) in [5.74, 6) is -1.69. The molecule has 2 aromatic rings. The van der Waals surface area contributed by atoms with E-state index in [-0.39, 0.29) is 21.5 Å². The van der Waals surface area contributed by atoms with Crippen molar-refractivity contribution in [3.05, 3.63) is 74.7 Å². The molecule has 2 aromatic carbocycles. The highest BCUT2D eigenvalue weighted by Gasteiger charge is 2.33. The summed E-state index contributed by atoms with van der Waals surface area (Å²) in [6.45, 7) is 0. The molecule has 1 heterocycles. The standard InChI is InChI=1S/C17H10N2O5S2/c20-15-14(9-10-2-1-3-13(8-10)19(23)24)26-17(25)18(15)12-6-4-11(5-7-12)16(21)22/h1-9H,(H,21,22)/p-1/b14-9-. The minimum Gasteiger partial charge on any atom is -0.545 e. The molecule has 0 spiro atoms. The van der Waals surface area contributed by atoms with Crippen LogP contribution in [-0.4, -0.2) is 21.1 Å². The van der Waals surface area contributed by atoms with Crippen LogP contribution in [0.4, 0.5) is 11.4 Å². The van der Waals surface area contributed by atoms with Crippen molar-refractivity contribution >= 4 is 57.6 Å². The van der Waals surface area contributed by atoms with Crippen LogP contribution >= 0.6 is 24.0 Å². The van der Waals surface area contributed by atoms with Crippen LogP contribution in [-0.2, 0) is 4.79 Å². The maximum absolute atomic E-state index is 12.6. The number of benzene rings is 2. The van der Waals surface area contributed by atoms with Crippen molar-refractivity contribution in [3.63, 3.8) is 0 Å². The van der Waals surface area contributed by atoms with Gasteiger partial charge in [-0.3, -0.25) is 19.8 Å². The number of non-ortho nitro benzene ring substituents is 1. The first-order chi connectivity index (χ1) is 12.4. The van der Waals surface area contributed by atoms with Crippen molar-refractivity contribution in [2.24, 2.45) is 0 Å². The van der Waals surface area contributed by atoms with Crippen LogP contribution in [0.2, 0.25) is 0 Å². The van der Waals surface area contributed by atoms with Crippen LogP contribution in [0, 0.1) is 10.1 Å². The quantitative estimate of drug-likeness (QED) is 0.344. The van der Waals surface area contributed by atoms with Crippen molar-refractivity contribution < 1.29 is 19.6 Å². The van der Waals surface area contributed by atoms with Crippen molar-refractivity contribution in [3.8, 4) is 0 Å². The number of amides is 1. The van der Waals surface area contributed by atoms with E-state index in [1.807, 2.05) is 0 Å². The molecular weight excluding hydrogens is 376 g/mol. The van der Waals surface area contributed by atoms with Crippen molar-refractivity contribution in [1.29, 1.82) is 0 Å². The van der Waals surface area contributed by atoms with Crippen molar-refractivity contribution in [2.45, 2.75) is 0 Å². The Bertz CT molecular complexity index is 969. The molecular formula is C17H9N2O5S2-. The number of carbonyl (C=O) groups excluding carboxylic acids is 2. The number of nitrogens with zero attached hydrogens (tertiary/aromatic N) is 2. The van der Waals surface area contributed by atoms with Crippen LogP contribution in [0.1, 0.15) is 15.9 Å². The molecule has 0 saturated carbocycles. The molecule has 7 nitrogen and oxygen atoms in total. The lowest BCUT2D eigenvalue weighted by molar-refractivity contribution is -0.384. The molecule has 9 heteroatoms. The molecule has 1 aliphatic rings. The molecule has 1 saturated heterocycles. The molecule has 0 aromatic heterocycles. The topological polar surface area (TPSA) is 104 Å². The van der Waals surface area contributed by atoms with Gasteiger partial charge in [-0.25, -0.2) is 0 Å². The fraction of sp³-hybridized carbons (Fsp3) is 0. The predicted octanol–water partition coefficient (Wildman–Crippen LogP) is 2.36. The Balaban J connectivity index is 1.90. The normalized spacial score (nSPS) is 15.5. The summed E-state index contributed by atoms with van der Waals surface area (Å²) in [5, 5.41) is 21.7. The third-order valence-electron chi connectivity index (χ3n) is 3.53. The number of nitro benzene ring substituents is 1. The van der Waals surface area contributed by atoms with E-state index < -0.39 is 10.9 Å². The number of hydrogen-bond acceptors (Lipinski definition) is 7. The zero-order chi connectivity index (χ0) is 18.8. The summed E-state index contributed by atoms with van der Waals surface area (Å²) in [7, 11) is 0. The van der Waals surface area contributed by atoms with Gasteiger partial charge in [0.05, 0.1) is 21.5 Å². The Labute approximate surface area is 157 Å². The van der Waals surface area contributed by atoms with Gasteiger partial charge < -0.3 is 9.90 Å². The summed E-state index contributed by atoms with van der Waals surface area (Å²) in [5.41, 5.74) is 0.852. The molecule has 0 aliphatic carbocycles. The lowest BCUT2D eigenvalue weighted by Crippen LogP contribution is -2.28. The minimum atomic E-state index is -1.31. The second-order valence-electron chi connectivity index (χ2n) is 5.20. The third kappa shape index (κ3) is 3.48. The number of thioether (sulfide) groups is 1. The summed E-state index contributed by atoms with van der Waals surface area (Å²) in [6, 6.07) is 11.5. The SMILES string of the molecule is O=C([O-])c1ccc(N2C(=O)/C(=C/c3cccc([N+](=O)[O-])c3)SC2=S)cc1. The fourth-order valence-corrected chi connectivity index (χ4v) is 3.62. The van der Waals surface area contributed by atoms with Crippen LogP contribution in [0.25, 0.3) is 6.08 Å². The number of carboxylic acids is 1. The van der Waals surface area contributed by atoms with Crippen LogP contribution in [0.15, 0.2) is 53.4 Å². The molecule has 0 radical (unpaired) electrons. The number of rotatable bonds is 4. The molecule has 3 rings (SSSR count). The van der Waals surface area contributed by atoms with E-state index in [4.69, 9.17) is 12.2 Å². The predicted molar refractivity (Wildman–Crippen MR) is 99.5 cm³/mol. The van der Waals surface area contributed by atoms with Gasteiger partial charge in [0.1, 0.15) is 0 Å². The molecule has 1 amide bonds. The lowest BCUT2D eigenvalue weighted by atomic mass is 10.1. The maximum Gasteiger partial charge on any atom is 0.270 e. The molecule has 0 unspecified atom stereocenters. The summed E-state index contributed by atoms with van der Waals surface area (Å²) in [6.07, 6.45) is 1.53. The van der Waals surface area contributed by atoms with Crippen molar-refractivity contribution in [1.82, 2.24) is 0 Å². The van der Waals surface area contributed by atoms with Gasteiger partial charge in [-0.05, 0) is 29.3 Å². The van der Waals surface area contributed by atoms with Crippen molar-refractivity contribution in [2.75, 3.05) is 4.90 Å². The smallest absolute Gasteiger partial charge is 0.270 e. The average molecular weight is 385 g/mol. The molecule has 1 aliphatic heterocycles. The zero-order valence-electron chi connectivity index (χ0n) is 12.9. The molecule has 26 heavy (non-hydrogen) atoms. The van der Waals surface area contributed by atoms with Gasteiger partial charge in [-0.2, -0.15) is 0 Å². The first kappa shape index (κ1) is 17.8. The van der Waals surface area contributed by atoms with E-state index in [2.05, 4.69) is 0 Å². The number of thiocarbonyl (C=S) groups is 1. The fourth-order valence-electron chi connectivity index (χ4n) is 2.32. The average Bonchev–Trinajstić information content (AvgIpc) is 2.89. The van der Waals surface area contributed by atoms with E-state index in [0.29, 0.717) is 16.2 Å². The molecule has 130 valence electrons. The van der Waals surface area contributed by atoms with E-state index in [1.54, 1.807) is 6.07 Å². The first-order valence-electron chi connectivity index (χ1n) is 7.20. The largest absolute Gasteiger partial charge is 0.545 e. The lowest BCUT2D eigenvalue weighted by Gasteiger charge is -2.15. The molecule has 0 bridgehead atoms. The summed E-state index contributed by atoms with van der Waals surface area (Å²) in [4.78, 5) is 35.4. The number of carboxylic acid groups (broad SMARTS) is 1. The van der Waals surface area contributed by atoms with Crippen LogP contribution in [0.3, 0.4) is 0 Å². The highest BCUT2D eigenvalue weighted by Crippen LogP contribution is 2.36. The molecule has 0 atom stereocenters. The Morgan fingerprint density at radius 2 is 1.88 bits per heavy atom. The number of anilines is 1. The van der Waals surface area contributed by atoms with E-state index >= 15 is 0 Å². The molecule has 1 fully saturated rings. The number of hydrogen-bond donors (Lipinski definition) is 0. The number of aromatic carboxylic acids is 1. The van der Waals surface area contributed by atoms with Gasteiger partial charge in [0.15, 0.2) is 4.32 Å². The van der Waals surface area contributed by atoms with E-state index in [0.717, 1.165) is 11.8 Å². The Morgan fingerprint density at radius 1 is 1.19 bits per heavy atom. The van der Waals surface area contributed by atoms with E-state index in [9.17, 15) is 24.8 Å². The Hall–Kier alpha value is -3.04. The third-order valence-corrected chi connectivity index (χ3v) is 4.84. The van der Waals surface area contributed by atoms with Crippen LogP contribution < -0.4 is 10.0 Å². The van der Waals surface area contributed by atoms with Gasteiger partial charge in [0.25, 0.3) is 11.6 Å². The second kappa shape index (κ2) is 7.06. The van der Waals surface area contributed by atoms with Crippen LogP contribution in [0.5, 0.6) is 0 Å². The second-order valence-corrected chi connectivity index (χ2v) is 6.88. The number of carbonyl (C=O) groups is 2.